The number of hydrogen-bond donors (Lipinski definition) is 2. The largest absolute Gasteiger partial charge is 0.398 e. The van der Waals surface area contributed by atoms with Crippen molar-refractivity contribution < 1.29 is 4.79 Å². The first-order chi connectivity index (χ1) is 8.68. The summed E-state index contributed by atoms with van der Waals surface area (Å²) >= 11 is 6.73. The molecular weight excluding hydrogens is 264 g/mol. The molecule has 0 spiro atoms. The maximum absolute atomic E-state index is 12.5. The van der Waals surface area contributed by atoms with Crippen molar-refractivity contribution in [3.8, 4) is 0 Å². The third-order valence-electron chi connectivity index (χ3n) is 2.98. The van der Waals surface area contributed by atoms with E-state index in [-0.39, 0.29) is 5.78 Å². The topological polar surface area (TPSA) is 55.1 Å². The van der Waals surface area contributed by atoms with E-state index < -0.39 is 5.92 Å². The molecular formula is C13H10N2OS2. The van der Waals surface area contributed by atoms with E-state index in [1.807, 2.05) is 29.6 Å². The van der Waals surface area contributed by atoms with E-state index in [2.05, 4.69) is 5.32 Å². The van der Waals surface area contributed by atoms with Gasteiger partial charge in [-0.25, -0.2) is 0 Å². The minimum Gasteiger partial charge on any atom is -0.398 e. The number of hydrogen-bond acceptors (Lipinski definition) is 4. The Bertz CT molecular complexity index is 648. The minimum atomic E-state index is -0.465. The van der Waals surface area contributed by atoms with Crippen LogP contribution in [0.5, 0.6) is 0 Å². The van der Waals surface area contributed by atoms with Crippen molar-refractivity contribution in [3.63, 3.8) is 0 Å². The summed E-state index contributed by atoms with van der Waals surface area (Å²) in [7, 11) is 0. The summed E-state index contributed by atoms with van der Waals surface area (Å²) in [6, 6.07) is 9.22. The van der Waals surface area contributed by atoms with Crippen LogP contribution in [-0.4, -0.2) is 10.8 Å². The maximum Gasteiger partial charge on any atom is 0.189 e. The van der Waals surface area contributed by atoms with Crippen LogP contribution in [0.3, 0.4) is 0 Å². The summed E-state index contributed by atoms with van der Waals surface area (Å²) in [4.78, 5) is 13.7. The van der Waals surface area contributed by atoms with Gasteiger partial charge in [0.2, 0.25) is 0 Å². The standard InChI is InChI=1S/C13H10N2OS2/c14-8-4-2-1-3-7(8)10-11(16)12-9(5-6-18-12)15-13(10)17/h1-6,10H,14H2,(H,15,17). The third-order valence-corrected chi connectivity index (χ3v) is 4.25. The van der Waals surface area contributed by atoms with Gasteiger partial charge in [0.05, 0.1) is 15.6 Å². The lowest BCUT2D eigenvalue weighted by molar-refractivity contribution is 0.0986. The molecule has 1 aliphatic heterocycles. The maximum atomic E-state index is 12.5. The van der Waals surface area contributed by atoms with Crippen LogP contribution in [0, 0.1) is 0 Å². The minimum absolute atomic E-state index is 0.0293. The number of carbonyl (C=O) groups excluding carboxylic acids is 1. The molecule has 0 fully saturated rings. The highest BCUT2D eigenvalue weighted by atomic mass is 32.1. The number of thiophene rings is 1. The molecule has 0 radical (unpaired) electrons. The number of benzene rings is 1. The summed E-state index contributed by atoms with van der Waals surface area (Å²) in [6.07, 6.45) is 0. The predicted molar refractivity (Wildman–Crippen MR) is 78.5 cm³/mol. The third kappa shape index (κ3) is 1.63. The molecule has 90 valence electrons. The highest BCUT2D eigenvalue weighted by Gasteiger charge is 2.34. The lowest BCUT2D eigenvalue weighted by atomic mass is 9.89. The van der Waals surface area contributed by atoms with E-state index in [1.165, 1.54) is 11.3 Å². The van der Waals surface area contributed by atoms with E-state index in [0.717, 1.165) is 16.1 Å². The van der Waals surface area contributed by atoms with Crippen molar-refractivity contribution in [2.24, 2.45) is 0 Å². The van der Waals surface area contributed by atoms with Crippen LogP contribution in [0.15, 0.2) is 35.7 Å². The first kappa shape index (κ1) is 11.4. The Morgan fingerprint density at radius 2 is 2.06 bits per heavy atom. The van der Waals surface area contributed by atoms with Gasteiger partial charge < -0.3 is 11.1 Å². The predicted octanol–water partition coefficient (Wildman–Crippen LogP) is 3.05. The molecule has 0 aliphatic carbocycles. The number of ketones is 1. The number of nitrogens with two attached hydrogens (primary N) is 1. The lowest BCUT2D eigenvalue weighted by Gasteiger charge is -2.24. The Morgan fingerprint density at radius 3 is 2.83 bits per heavy atom. The van der Waals surface area contributed by atoms with Gasteiger partial charge in [0.25, 0.3) is 0 Å². The van der Waals surface area contributed by atoms with Gasteiger partial charge >= 0.3 is 0 Å². The number of rotatable bonds is 1. The van der Waals surface area contributed by atoms with E-state index in [1.54, 1.807) is 6.07 Å². The number of carbonyl (C=O) groups is 1. The monoisotopic (exact) mass is 274 g/mol. The summed E-state index contributed by atoms with van der Waals surface area (Å²) in [6.45, 7) is 0. The summed E-state index contributed by atoms with van der Waals surface area (Å²) in [5.41, 5.74) is 8.12. The van der Waals surface area contributed by atoms with Crippen LogP contribution in [-0.2, 0) is 0 Å². The molecule has 1 unspecified atom stereocenters. The number of nitrogen functional groups attached to an aromatic ring is 1. The van der Waals surface area contributed by atoms with Crippen LogP contribution in [0.2, 0.25) is 0 Å². The van der Waals surface area contributed by atoms with Gasteiger partial charge in [-0.2, -0.15) is 0 Å². The normalized spacial score (nSPS) is 18.3. The molecule has 1 aromatic carbocycles. The Labute approximate surface area is 114 Å². The molecule has 3 rings (SSSR count). The molecule has 1 atom stereocenters. The van der Waals surface area contributed by atoms with E-state index in [9.17, 15) is 4.79 Å². The molecule has 3 nitrogen and oxygen atoms in total. The Morgan fingerprint density at radius 1 is 1.28 bits per heavy atom. The van der Waals surface area contributed by atoms with Gasteiger partial charge in [-0.3, -0.25) is 4.79 Å². The molecule has 0 amide bonds. The Kier molecular flexibility index (Phi) is 2.65. The fourth-order valence-corrected chi connectivity index (χ4v) is 3.27. The van der Waals surface area contributed by atoms with Crippen molar-refractivity contribution in [2.45, 2.75) is 5.92 Å². The molecule has 5 heteroatoms. The van der Waals surface area contributed by atoms with Gasteiger partial charge in [0.1, 0.15) is 5.92 Å². The summed E-state index contributed by atoms with van der Waals surface area (Å²) in [5.74, 6) is -0.436. The number of nitrogens with one attached hydrogen (secondary N) is 1. The average molecular weight is 274 g/mol. The van der Waals surface area contributed by atoms with Crippen molar-refractivity contribution >= 4 is 45.7 Å². The molecule has 0 saturated heterocycles. The molecule has 1 aromatic heterocycles. The fraction of sp³-hybridized carbons (Fsp3) is 0.0769. The average Bonchev–Trinajstić information content (AvgIpc) is 2.79. The molecule has 0 saturated carbocycles. The molecule has 1 aliphatic rings. The first-order valence-electron chi connectivity index (χ1n) is 5.45. The lowest BCUT2D eigenvalue weighted by Crippen LogP contribution is -2.31. The molecule has 3 N–H and O–H groups in total. The van der Waals surface area contributed by atoms with Crippen LogP contribution in [0.4, 0.5) is 11.4 Å². The van der Waals surface area contributed by atoms with Crippen LogP contribution in [0.1, 0.15) is 21.2 Å². The smallest absolute Gasteiger partial charge is 0.189 e. The van der Waals surface area contributed by atoms with Crippen LogP contribution >= 0.6 is 23.6 Å². The van der Waals surface area contributed by atoms with Gasteiger partial charge in [-0.1, -0.05) is 30.4 Å². The zero-order valence-electron chi connectivity index (χ0n) is 9.34. The van der Waals surface area contributed by atoms with Crippen molar-refractivity contribution in [3.05, 3.63) is 46.2 Å². The fourth-order valence-electron chi connectivity index (χ4n) is 2.11. The molecule has 2 heterocycles. The molecule has 0 bridgehead atoms. The van der Waals surface area contributed by atoms with Crippen LogP contribution < -0.4 is 11.1 Å². The second-order valence-corrected chi connectivity index (χ2v) is 5.43. The van der Waals surface area contributed by atoms with Crippen molar-refractivity contribution in [1.29, 1.82) is 0 Å². The van der Waals surface area contributed by atoms with Gasteiger partial charge in [-0.05, 0) is 23.1 Å². The first-order valence-corrected chi connectivity index (χ1v) is 6.74. The van der Waals surface area contributed by atoms with E-state index in [4.69, 9.17) is 18.0 Å². The Balaban J connectivity index is 2.12. The van der Waals surface area contributed by atoms with Crippen molar-refractivity contribution in [1.82, 2.24) is 0 Å². The quantitative estimate of drug-likeness (QED) is 0.620. The van der Waals surface area contributed by atoms with Gasteiger partial charge in [0, 0.05) is 5.69 Å². The SMILES string of the molecule is Nc1ccccc1C1C(=O)c2sccc2NC1=S. The van der Waals surface area contributed by atoms with Crippen molar-refractivity contribution in [2.75, 3.05) is 11.1 Å². The summed E-state index contributed by atoms with van der Waals surface area (Å²) in [5, 5.41) is 5.00. The summed E-state index contributed by atoms with van der Waals surface area (Å²) < 4.78 is 0. The zero-order chi connectivity index (χ0) is 12.7. The number of thiocarbonyl (C=S) groups is 1. The highest BCUT2D eigenvalue weighted by molar-refractivity contribution is 7.80. The highest BCUT2D eigenvalue weighted by Crippen LogP contribution is 2.36. The number of para-hydroxylation sites is 1. The molecule has 2 aromatic rings. The zero-order valence-corrected chi connectivity index (χ0v) is 11.0. The molecule has 18 heavy (non-hydrogen) atoms. The van der Waals surface area contributed by atoms with E-state index in [0.29, 0.717) is 10.7 Å². The van der Waals surface area contributed by atoms with E-state index >= 15 is 0 Å². The van der Waals surface area contributed by atoms with Gasteiger partial charge in [-0.15, -0.1) is 11.3 Å². The second-order valence-electron chi connectivity index (χ2n) is 4.08. The number of Topliss-reactive ketones (excluding diaryl/α,β-unsaturated/α-hetero) is 1. The number of anilines is 2. The van der Waals surface area contributed by atoms with Gasteiger partial charge in [0.15, 0.2) is 5.78 Å². The Hall–Kier alpha value is -1.72. The number of fused-ring (bicyclic) bond motifs is 1. The van der Waals surface area contributed by atoms with Crippen LogP contribution in [0.25, 0.3) is 0 Å². The second kappa shape index (κ2) is 4.19.